The summed E-state index contributed by atoms with van der Waals surface area (Å²) in [4.78, 5) is 26.9. The van der Waals surface area contributed by atoms with Gasteiger partial charge in [0.1, 0.15) is 0 Å². The molecule has 0 radical (unpaired) electrons. The first-order valence-corrected chi connectivity index (χ1v) is 9.99. The molecule has 1 fully saturated rings. The highest BCUT2D eigenvalue weighted by atomic mass is 127. The van der Waals surface area contributed by atoms with Gasteiger partial charge >= 0.3 is 0 Å². The largest absolute Gasteiger partial charge is 0.357 e. The highest BCUT2D eigenvalue weighted by Gasteiger charge is 2.24. The summed E-state index contributed by atoms with van der Waals surface area (Å²) < 4.78 is 0. The van der Waals surface area contributed by atoms with Crippen molar-refractivity contribution in [3.63, 3.8) is 0 Å². The Balaban J connectivity index is 0.00000338. The van der Waals surface area contributed by atoms with E-state index in [9.17, 15) is 4.79 Å². The van der Waals surface area contributed by atoms with Gasteiger partial charge in [-0.1, -0.05) is 13.8 Å². The number of aliphatic imine (C=N–C) groups is 1. The summed E-state index contributed by atoms with van der Waals surface area (Å²) in [5.74, 6) is 1.27. The van der Waals surface area contributed by atoms with Crippen molar-refractivity contribution >= 4 is 47.2 Å². The molecule has 2 heterocycles. The van der Waals surface area contributed by atoms with Crippen LogP contribution in [0, 0.1) is 19.8 Å². The average Bonchev–Trinajstić information content (AvgIpc) is 2.91. The molecular formula is C18H32IN5OS. The molecule has 0 aliphatic carbocycles. The van der Waals surface area contributed by atoms with Crippen molar-refractivity contribution < 1.29 is 4.79 Å². The SMILES string of the molecule is CCNC(=NCCc1sc(C)nc1C)N1CCN(C(=O)C(C)C)CC1.I. The first-order valence-electron chi connectivity index (χ1n) is 9.17. The molecule has 148 valence electrons. The molecule has 0 aromatic carbocycles. The van der Waals surface area contributed by atoms with Crippen LogP contribution in [-0.4, -0.2) is 65.9 Å². The van der Waals surface area contributed by atoms with E-state index in [0.29, 0.717) is 0 Å². The monoisotopic (exact) mass is 493 g/mol. The van der Waals surface area contributed by atoms with Crippen molar-refractivity contribution in [3.8, 4) is 0 Å². The zero-order valence-corrected chi connectivity index (χ0v) is 19.7. The second-order valence-electron chi connectivity index (χ2n) is 6.69. The predicted octanol–water partition coefficient (Wildman–Crippen LogP) is 2.69. The van der Waals surface area contributed by atoms with Gasteiger partial charge in [-0.15, -0.1) is 35.3 Å². The molecule has 6 nitrogen and oxygen atoms in total. The summed E-state index contributed by atoms with van der Waals surface area (Å²) in [6, 6.07) is 0. The first kappa shape index (κ1) is 23.1. The molecule has 1 N–H and O–H groups in total. The fourth-order valence-electron chi connectivity index (χ4n) is 3.00. The van der Waals surface area contributed by atoms with E-state index in [-0.39, 0.29) is 35.8 Å². The van der Waals surface area contributed by atoms with Crippen LogP contribution in [0.2, 0.25) is 0 Å². The van der Waals surface area contributed by atoms with Gasteiger partial charge < -0.3 is 15.1 Å². The van der Waals surface area contributed by atoms with E-state index in [1.54, 1.807) is 11.3 Å². The number of carbonyl (C=O) groups excluding carboxylic acids is 1. The van der Waals surface area contributed by atoms with Gasteiger partial charge in [-0.25, -0.2) is 4.98 Å². The van der Waals surface area contributed by atoms with Crippen LogP contribution in [0.15, 0.2) is 4.99 Å². The van der Waals surface area contributed by atoms with E-state index < -0.39 is 0 Å². The fraction of sp³-hybridized carbons (Fsp3) is 0.722. The first-order chi connectivity index (χ1) is 11.9. The van der Waals surface area contributed by atoms with Gasteiger partial charge in [0.15, 0.2) is 5.96 Å². The maximum atomic E-state index is 12.1. The van der Waals surface area contributed by atoms with Crippen molar-refractivity contribution in [1.29, 1.82) is 0 Å². The molecule has 1 amide bonds. The smallest absolute Gasteiger partial charge is 0.225 e. The van der Waals surface area contributed by atoms with Gasteiger partial charge in [-0.3, -0.25) is 9.79 Å². The summed E-state index contributed by atoms with van der Waals surface area (Å²) in [6.07, 6.45) is 0.929. The van der Waals surface area contributed by atoms with Crippen LogP contribution < -0.4 is 5.32 Å². The lowest BCUT2D eigenvalue weighted by molar-refractivity contribution is -0.135. The number of aryl methyl sites for hydroxylation is 2. The summed E-state index contributed by atoms with van der Waals surface area (Å²) >= 11 is 1.76. The quantitative estimate of drug-likeness (QED) is 0.390. The van der Waals surface area contributed by atoms with Crippen molar-refractivity contribution in [3.05, 3.63) is 15.6 Å². The Morgan fingerprint density at radius 2 is 1.85 bits per heavy atom. The highest BCUT2D eigenvalue weighted by molar-refractivity contribution is 14.0. The van der Waals surface area contributed by atoms with Crippen LogP contribution in [0.25, 0.3) is 0 Å². The molecule has 8 heteroatoms. The Morgan fingerprint density at radius 3 is 2.35 bits per heavy atom. The van der Waals surface area contributed by atoms with E-state index >= 15 is 0 Å². The maximum Gasteiger partial charge on any atom is 0.225 e. The normalized spacial score (nSPS) is 15.2. The van der Waals surface area contributed by atoms with E-state index in [1.807, 2.05) is 25.7 Å². The zero-order chi connectivity index (χ0) is 18.4. The molecule has 1 aromatic rings. The van der Waals surface area contributed by atoms with Crippen LogP contribution in [0.1, 0.15) is 36.3 Å². The Hall–Kier alpha value is -0.900. The minimum absolute atomic E-state index is 0. The number of nitrogens with zero attached hydrogens (tertiary/aromatic N) is 4. The van der Waals surface area contributed by atoms with Crippen LogP contribution in [-0.2, 0) is 11.2 Å². The third kappa shape index (κ3) is 6.37. The van der Waals surface area contributed by atoms with Gasteiger partial charge in [0.25, 0.3) is 0 Å². The number of hydrogen-bond acceptors (Lipinski definition) is 4. The van der Waals surface area contributed by atoms with Crippen molar-refractivity contribution in [2.45, 2.75) is 41.0 Å². The summed E-state index contributed by atoms with van der Waals surface area (Å²) in [6.45, 7) is 15.0. The Labute approximate surface area is 178 Å². The third-order valence-corrected chi connectivity index (χ3v) is 5.45. The van der Waals surface area contributed by atoms with Crippen molar-refractivity contribution in [1.82, 2.24) is 20.1 Å². The lowest BCUT2D eigenvalue weighted by atomic mass is 10.1. The Kier molecular flexibility index (Phi) is 9.84. The van der Waals surface area contributed by atoms with Crippen LogP contribution in [0.5, 0.6) is 0 Å². The Bertz CT molecular complexity index is 609. The van der Waals surface area contributed by atoms with Gasteiger partial charge in [0.2, 0.25) is 5.91 Å². The van der Waals surface area contributed by atoms with Crippen molar-refractivity contribution in [2.24, 2.45) is 10.9 Å². The predicted molar refractivity (Wildman–Crippen MR) is 120 cm³/mol. The van der Waals surface area contributed by atoms with Crippen molar-refractivity contribution in [2.75, 3.05) is 39.3 Å². The molecule has 1 aromatic heterocycles. The minimum Gasteiger partial charge on any atom is -0.357 e. The molecule has 0 atom stereocenters. The molecule has 0 saturated carbocycles. The number of aromatic nitrogens is 1. The second kappa shape index (κ2) is 11.1. The number of piperazine rings is 1. The lowest BCUT2D eigenvalue weighted by Crippen LogP contribution is -2.54. The molecule has 1 aliphatic heterocycles. The number of carbonyl (C=O) groups is 1. The average molecular weight is 493 g/mol. The van der Waals surface area contributed by atoms with Crippen LogP contribution >= 0.6 is 35.3 Å². The summed E-state index contributed by atoms with van der Waals surface area (Å²) in [5, 5.41) is 4.51. The highest BCUT2D eigenvalue weighted by Crippen LogP contribution is 2.17. The number of thiazole rings is 1. The number of rotatable bonds is 5. The molecule has 1 aliphatic rings. The number of hydrogen-bond donors (Lipinski definition) is 1. The molecular weight excluding hydrogens is 461 g/mol. The standard InChI is InChI=1S/C18H31N5OS.HI/c1-6-19-18(20-8-7-16-14(4)21-15(5)25-16)23-11-9-22(10-12-23)17(24)13(2)3;/h13H,6-12H2,1-5H3,(H,19,20);1H. The minimum atomic E-state index is 0. The maximum absolute atomic E-state index is 12.1. The van der Waals surface area contributed by atoms with E-state index in [4.69, 9.17) is 4.99 Å². The molecule has 1 saturated heterocycles. The van der Waals surface area contributed by atoms with Gasteiger partial charge in [-0.2, -0.15) is 0 Å². The second-order valence-corrected chi connectivity index (χ2v) is 7.98. The number of halogens is 1. The summed E-state index contributed by atoms with van der Waals surface area (Å²) in [5.41, 5.74) is 1.13. The van der Waals surface area contributed by atoms with E-state index in [2.05, 4.69) is 29.0 Å². The fourth-order valence-corrected chi connectivity index (χ4v) is 3.92. The topological polar surface area (TPSA) is 60.8 Å². The molecule has 0 spiro atoms. The number of nitrogens with one attached hydrogen (secondary N) is 1. The zero-order valence-electron chi connectivity index (χ0n) is 16.5. The summed E-state index contributed by atoms with van der Waals surface area (Å²) in [7, 11) is 0. The molecule has 0 unspecified atom stereocenters. The Morgan fingerprint density at radius 1 is 1.23 bits per heavy atom. The van der Waals surface area contributed by atoms with Gasteiger partial charge in [0.05, 0.1) is 10.7 Å². The lowest BCUT2D eigenvalue weighted by Gasteiger charge is -2.37. The number of guanidine groups is 1. The third-order valence-electron chi connectivity index (χ3n) is 4.32. The molecule has 2 rings (SSSR count). The van der Waals surface area contributed by atoms with Gasteiger partial charge in [-0.05, 0) is 20.8 Å². The molecule has 0 bridgehead atoms. The van der Waals surface area contributed by atoms with E-state index in [0.717, 1.165) is 62.4 Å². The molecule has 26 heavy (non-hydrogen) atoms. The number of amides is 1. The van der Waals surface area contributed by atoms with Crippen LogP contribution in [0.4, 0.5) is 0 Å². The van der Waals surface area contributed by atoms with Crippen LogP contribution in [0.3, 0.4) is 0 Å². The van der Waals surface area contributed by atoms with E-state index in [1.165, 1.54) is 4.88 Å². The van der Waals surface area contributed by atoms with Gasteiger partial charge in [0, 0.05) is 56.5 Å².